The largest absolute Gasteiger partial charge is 0.316 e. The zero-order valence-corrected chi connectivity index (χ0v) is 11.9. The highest BCUT2D eigenvalue weighted by Gasteiger charge is 2.25. The second-order valence-electron chi connectivity index (χ2n) is 5.17. The molecule has 0 aromatic heterocycles. The Labute approximate surface area is 109 Å². The van der Waals surface area contributed by atoms with Crippen molar-refractivity contribution in [1.82, 2.24) is 5.32 Å². The van der Waals surface area contributed by atoms with E-state index in [1.54, 1.807) is 0 Å². The minimum Gasteiger partial charge on any atom is -0.316 e. The first-order valence-corrected chi connectivity index (χ1v) is 7.60. The minimum atomic E-state index is 0.728. The van der Waals surface area contributed by atoms with E-state index in [4.69, 9.17) is 0 Å². The second kappa shape index (κ2) is 5.92. The smallest absolute Gasteiger partial charge is 0.0204 e. The van der Waals surface area contributed by atoms with Crippen LogP contribution in [0.3, 0.4) is 0 Å². The van der Waals surface area contributed by atoms with Gasteiger partial charge in [-0.25, -0.2) is 0 Å². The third kappa shape index (κ3) is 3.49. The van der Waals surface area contributed by atoms with E-state index in [-0.39, 0.29) is 0 Å². The van der Waals surface area contributed by atoms with Crippen LogP contribution in [-0.2, 0) is 5.75 Å². The van der Waals surface area contributed by atoms with Gasteiger partial charge in [-0.05, 0) is 39.3 Å². The van der Waals surface area contributed by atoms with Gasteiger partial charge in [0.15, 0.2) is 0 Å². The summed E-state index contributed by atoms with van der Waals surface area (Å²) in [4.78, 5) is 0. The Morgan fingerprint density at radius 3 is 2.53 bits per heavy atom. The van der Waals surface area contributed by atoms with Crippen molar-refractivity contribution in [2.75, 3.05) is 7.05 Å². The number of hydrogen-bond acceptors (Lipinski definition) is 2. The third-order valence-corrected chi connectivity index (χ3v) is 5.06. The maximum atomic E-state index is 3.45. The molecule has 1 aliphatic carbocycles. The molecule has 1 saturated carbocycles. The first kappa shape index (κ1) is 13.0. The van der Waals surface area contributed by atoms with Crippen LogP contribution in [0.5, 0.6) is 0 Å². The summed E-state index contributed by atoms with van der Waals surface area (Å²) in [5, 5.41) is 4.26. The van der Waals surface area contributed by atoms with Gasteiger partial charge in [-0.2, -0.15) is 11.8 Å². The molecule has 2 heteroatoms. The molecule has 17 heavy (non-hydrogen) atoms. The van der Waals surface area contributed by atoms with Gasteiger partial charge in [-0.3, -0.25) is 0 Å². The second-order valence-corrected chi connectivity index (χ2v) is 6.40. The molecule has 1 fully saturated rings. The molecular weight excluding hydrogens is 226 g/mol. The highest BCUT2D eigenvalue weighted by atomic mass is 32.2. The normalized spacial score (nSPS) is 24.2. The molecule has 2 unspecified atom stereocenters. The minimum absolute atomic E-state index is 0.728. The van der Waals surface area contributed by atoms with Crippen molar-refractivity contribution in [3.8, 4) is 0 Å². The van der Waals surface area contributed by atoms with Crippen molar-refractivity contribution in [2.45, 2.75) is 50.2 Å². The summed E-state index contributed by atoms with van der Waals surface area (Å²) in [6, 6.07) is 7.62. The lowest BCUT2D eigenvalue weighted by Gasteiger charge is -2.18. The van der Waals surface area contributed by atoms with E-state index in [9.17, 15) is 0 Å². The van der Waals surface area contributed by atoms with E-state index in [0.717, 1.165) is 17.0 Å². The Morgan fingerprint density at radius 1 is 1.18 bits per heavy atom. The highest BCUT2D eigenvalue weighted by molar-refractivity contribution is 7.99. The maximum absolute atomic E-state index is 3.45. The van der Waals surface area contributed by atoms with Gasteiger partial charge < -0.3 is 5.32 Å². The molecule has 1 N–H and O–H groups in total. The fourth-order valence-corrected chi connectivity index (χ4v) is 4.22. The van der Waals surface area contributed by atoms with Gasteiger partial charge in [-0.1, -0.05) is 35.7 Å². The first-order chi connectivity index (χ1) is 8.19. The van der Waals surface area contributed by atoms with Crippen LogP contribution in [0.1, 0.15) is 36.0 Å². The van der Waals surface area contributed by atoms with E-state index in [1.807, 2.05) is 0 Å². The van der Waals surface area contributed by atoms with Crippen LogP contribution in [0.4, 0.5) is 0 Å². The van der Waals surface area contributed by atoms with Crippen molar-refractivity contribution in [2.24, 2.45) is 0 Å². The molecule has 1 aliphatic rings. The SMILES string of the molecule is CNC1CCCC1SCc1cc(C)cc(C)c1. The monoisotopic (exact) mass is 249 g/mol. The van der Waals surface area contributed by atoms with Gasteiger partial charge in [0.2, 0.25) is 0 Å². The van der Waals surface area contributed by atoms with E-state index in [1.165, 1.54) is 36.0 Å². The summed E-state index contributed by atoms with van der Waals surface area (Å²) in [5.41, 5.74) is 4.25. The average molecular weight is 249 g/mol. The van der Waals surface area contributed by atoms with Crippen molar-refractivity contribution in [1.29, 1.82) is 0 Å². The molecule has 0 radical (unpaired) electrons. The molecule has 0 bridgehead atoms. The van der Waals surface area contributed by atoms with Crippen LogP contribution in [-0.4, -0.2) is 18.3 Å². The summed E-state index contributed by atoms with van der Waals surface area (Å²) in [6.07, 6.45) is 4.11. The van der Waals surface area contributed by atoms with Gasteiger partial charge in [0.1, 0.15) is 0 Å². The molecule has 1 nitrogen and oxygen atoms in total. The zero-order valence-electron chi connectivity index (χ0n) is 11.1. The number of nitrogens with one attached hydrogen (secondary N) is 1. The van der Waals surface area contributed by atoms with E-state index in [0.29, 0.717) is 0 Å². The van der Waals surface area contributed by atoms with Gasteiger partial charge >= 0.3 is 0 Å². The quantitative estimate of drug-likeness (QED) is 0.873. The fraction of sp³-hybridized carbons (Fsp3) is 0.600. The van der Waals surface area contributed by atoms with Crippen molar-refractivity contribution < 1.29 is 0 Å². The Kier molecular flexibility index (Phi) is 4.52. The predicted molar refractivity (Wildman–Crippen MR) is 77.7 cm³/mol. The van der Waals surface area contributed by atoms with E-state index >= 15 is 0 Å². The molecule has 1 aromatic rings. The lowest BCUT2D eigenvalue weighted by atomic mass is 10.1. The van der Waals surface area contributed by atoms with Crippen molar-refractivity contribution in [3.05, 3.63) is 34.9 Å². The molecule has 0 saturated heterocycles. The highest BCUT2D eigenvalue weighted by Crippen LogP contribution is 2.32. The summed E-state index contributed by atoms with van der Waals surface area (Å²) in [5.74, 6) is 1.16. The van der Waals surface area contributed by atoms with Crippen LogP contribution in [0.15, 0.2) is 18.2 Å². The summed E-state index contributed by atoms with van der Waals surface area (Å²) in [7, 11) is 2.10. The molecule has 0 spiro atoms. The summed E-state index contributed by atoms with van der Waals surface area (Å²) < 4.78 is 0. The zero-order chi connectivity index (χ0) is 12.3. The molecule has 1 aromatic carbocycles. The number of benzene rings is 1. The van der Waals surface area contributed by atoms with E-state index in [2.05, 4.69) is 56.2 Å². The standard InChI is InChI=1S/C15H23NS/c1-11-7-12(2)9-13(8-11)10-17-15-6-4-5-14(15)16-3/h7-9,14-16H,4-6,10H2,1-3H3. The fourth-order valence-electron chi connectivity index (χ4n) is 2.81. The van der Waals surface area contributed by atoms with E-state index < -0.39 is 0 Å². The van der Waals surface area contributed by atoms with Gasteiger partial charge in [0, 0.05) is 17.0 Å². The van der Waals surface area contributed by atoms with Crippen molar-refractivity contribution >= 4 is 11.8 Å². The lowest BCUT2D eigenvalue weighted by molar-refractivity contribution is 0.591. The predicted octanol–water partition coefficient (Wildman–Crippen LogP) is 3.68. The molecule has 2 rings (SSSR count). The van der Waals surface area contributed by atoms with Gasteiger partial charge in [-0.15, -0.1) is 0 Å². The molecule has 2 atom stereocenters. The molecular formula is C15H23NS. The third-order valence-electron chi connectivity index (χ3n) is 3.57. The first-order valence-electron chi connectivity index (χ1n) is 6.55. The van der Waals surface area contributed by atoms with Crippen molar-refractivity contribution in [3.63, 3.8) is 0 Å². The van der Waals surface area contributed by atoms with Crippen LogP contribution in [0.2, 0.25) is 0 Å². The molecule has 94 valence electrons. The average Bonchev–Trinajstić information content (AvgIpc) is 2.72. The number of rotatable bonds is 4. The molecule has 0 amide bonds. The van der Waals surface area contributed by atoms with Crippen LogP contribution >= 0.6 is 11.8 Å². The number of hydrogen-bond donors (Lipinski definition) is 1. The summed E-state index contributed by atoms with van der Waals surface area (Å²) >= 11 is 2.12. The van der Waals surface area contributed by atoms with Crippen LogP contribution in [0, 0.1) is 13.8 Å². The number of thioether (sulfide) groups is 1. The topological polar surface area (TPSA) is 12.0 Å². The van der Waals surface area contributed by atoms with Gasteiger partial charge in [0.05, 0.1) is 0 Å². The maximum Gasteiger partial charge on any atom is 0.0204 e. The number of aryl methyl sites for hydroxylation is 2. The Hall–Kier alpha value is -0.470. The van der Waals surface area contributed by atoms with Crippen LogP contribution in [0.25, 0.3) is 0 Å². The lowest BCUT2D eigenvalue weighted by Crippen LogP contribution is -2.30. The Morgan fingerprint density at radius 2 is 1.88 bits per heavy atom. The Bertz CT molecular complexity index is 355. The van der Waals surface area contributed by atoms with Crippen LogP contribution < -0.4 is 5.32 Å². The Balaban J connectivity index is 1.93. The molecule has 0 heterocycles. The summed E-state index contributed by atoms with van der Waals surface area (Å²) in [6.45, 7) is 4.38. The molecule has 0 aliphatic heterocycles. The van der Waals surface area contributed by atoms with Gasteiger partial charge in [0.25, 0.3) is 0 Å².